The Morgan fingerprint density at radius 2 is 2.25 bits per heavy atom. The van der Waals surface area contributed by atoms with Crippen LogP contribution in [-0.2, 0) is 0 Å². The van der Waals surface area contributed by atoms with E-state index in [1.54, 1.807) is 0 Å². The van der Waals surface area contributed by atoms with E-state index < -0.39 is 0 Å². The van der Waals surface area contributed by atoms with Crippen LogP contribution in [0.25, 0.3) is 0 Å². The summed E-state index contributed by atoms with van der Waals surface area (Å²) in [5.41, 5.74) is 0. The van der Waals surface area contributed by atoms with E-state index in [9.17, 15) is 0 Å². The molecule has 0 spiro atoms. The fourth-order valence-corrected chi connectivity index (χ4v) is 0.894. The van der Waals surface area contributed by atoms with Crippen LogP contribution in [0.1, 0.15) is 26.7 Å². The van der Waals surface area contributed by atoms with E-state index >= 15 is 0 Å². The predicted molar refractivity (Wildman–Crippen MR) is 51.7 cm³/mol. The molecule has 0 saturated heterocycles. The zero-order valence-corrected chi connectivity index (χ0v) is 8.01. The van der Waals surface area contributed by atoms with Gasteiger partial charge in [0, 0.05) is 12.6 Å². The summed E-state index contributed by atoms with van der Waals surface area (Å²) in [6, 6.07) is 2.68. The van der Waals surface area contributed by atoms with Crippen molar-refractivity contribution in [1.82, 2.24) is 5.32 Å². The molecule has 0 heterocycles. The zero-order chi connectivity index (χ0) is 9.40. The van der Waals surface area contributed by atoms with Crippen molar-refractivity contribution < 1.29 is 0 Å². The van der Waals surface area contributed by atoms with E-state index in [4.69, 9.17) is 5.26 Å². The van der Waals surface area contributed by atoms with Crippen LogP contribution in [0.2, 0.25) is 0 Å². The maximum atomic E-state index is 8.52. The lowest BCUT2D eigenvalue weighted by Crippen LogP contribution is -2.29. The van der Waals surface area contributed by atoms with E-state index in [0.717, 1.165) is 19.4 Å². The molecule has 0 aromatic heterocycles. The van der Waals surface area contributed by atoms with Gasteiger partial charge in [-0.15, -0.1) is 6.58 Å². The van der Waals surface area contributed by atoms with Crippen molar-refractivity contribution in [1.29, 1.82) is 5.26 Å². The third kappa shape index (κ3) is 5.94. The zero-order valence-electron chi connectivity index (χ0n) is 8.01. The van der Waals surface area contributed by atoms with Gasteiger partial charge < -0.3 is 5.32 Å². The molecule has 0 aromatic rings. The largest absolute Gasteiger partial charge is 0.313 e. The molecule has 0 bridgehead atoms. The third-order valence-electron chi connectivity index (χ3n) is 1.80. The van der Waals surface area contributed by atoms with Gasteiger partial charge in [0.05, 0.1) is 12.0 Å². The van der Waals surface area contributed by atoms with Crippen molar-refractivity contribution in [2.24, 2.45) is 5.92 Å². The average molecular weight is 166 g/mol. The van der Waals surface area contributed by atoms with E-state index in [1.165, 1.54) is 0 Å². The SMILES string of the molecule is C=CCCC(C)NCC(C)C#N. The summed E-state index contributed by atoms with van der Waals surface area (Å²) >= 11 is 0. The Kier molecular flexibility index (Phi) is 6.41. The predicted octanol–water partition coefficient (Wildman–Crippen LogP) is 2.09. The molecule has 0 radical (unpaired) electrons. The molecule has 12 heavy (non-hydrogen) atoms. The van der Waals surface area contributed by atoms with Crippen LogP contribution in [-0.4, -0.2) is 12.6 Å². The van der Waals surface area contributed by atoms with Gasteiger partial charge in [-0.3, -0.25) is 0 Å². The lowest BCUT2D eigenvalue weighted by Gasteiger charge is -2.13. The highest BCUT2D eigenvalue weighted by molar-refractivity contribution is 4.81. The average Bonchev–Trinajstić information content (AvgIpc) is 2.10. The van der Waals surface area contributed by atoms with Crippen molar-refractivity contribution in [2.75, 3.05) is 6.54 Å². The molecular weight excluding hydrogens is 148 g/mol. The van der Waals surface area contributed by atoms with Gasteiger partial charge in [0.15, 0.2) is 0 Å². The topological polar surface area (TPSA) is 35.8 Å². The Labute approximate surface area is 75.3 Å². The van der Waals surface area contributed by atoms with E-state index in [2.05, 4.69) is 24.9 Å². The molecule has 0 rings (SSSR count). The Hall–Kier alpha value is -0.810. The molecule has 0 amide bonds. The van der Waals surface area contributed by atoms with Gasteiger partial charge in [0.25, 0.3) is 0 Å². The Morgan fingerprint density at radius 1 is 1.58 bits per heavy atom. The molecule has 0 fully saturated rings. The Balaban J connectivity index is 3.37. The highest BCUT2D eigenvalue weighted by atomic mass is 14.9. The van der Waals surface area contributed by atoms with Crippen LogP contribution in [0.5, 0.6) is 0 Å². The van der Waals surface area contributed by atoms with Crippen LogP contribution < -0.4 is 5.32 Å². The maximum Gasteiger partial charge on any atom is 0.0666 e. The van der Waals surface area contributed by atoms with Crippen LogP contribution in [0, 0.1) is 17.2 Å². The Morgan fingerprint density at radius 3 is 2.75 bits per heavy atom. The first-order valence-electron chi connectivity index (χ1n) is 4.44. The first-order valence-corrected chi connectivity index (χ1v) is 4.44. The standard InChI is InChI=1S/C10H18N2/c1-4-5-6-10(3)12-8-9(2)7-11/h4,9-10,12H,1,5-6,8H2,2-3H3. The van der Waals surface area contributed by atoms with Crippen molar-refractivity contribution in [3.05, 3.63) is 12.7 Å². The molecule has 68 valence electrons. The van der Waals surface area contributed by atoms with Crippen molar-refractivity contribution >= 4 is 0 Å². The minimum Gasteiger partial charge on any atom is -0.313 e. The van der Waals surface area contributed by atoms with Gasteiger partial charge in [-0.2, -0.15) is 5.26 Å². The van der Waals surface area contributed by atoms with Crippen LogP contribution in [0.3, 0.4) is 0 Å². The van der Waals surface area contributed by atoms with E-state index in [1.807, 2.05) is 13.0 Å². The second-order valence-electron chi connectivity index (χ2n) is 3.21. The molecule has 2 heteroatoms. The monoisotopic (exact) mass is 166 g/mol. The fourth-order valence-electron chi connectivity index (χ4n) is 0.894. The quantitative estimate of drug-likeness (QED) is 0.613. The van der Waals surface area contributed by atoms with Gasteiger partial charge in [0.1, 0.15) is 0 Å². The molecule has 0 saturated carbocycles. The smallest absolute Gasteiger partial charge is 0.0666 e. The van der Waals surface area contributed by atoms with Crippen LogP contribution >= 0.6 is 0 Å². The van der Waals surface area contributed by atoms with Gasteiger partial charge in [-0.1, -0.05) is 6.08 Å². The number of nitriles is 1. The lowest BCUT2D eigenvalue weighted by atomic mass is 10.1. The third-order valence-corrected chi connectivity index (χ3v) is 1.80. The number of nitrogens with zero attached hydrogens (tertiary/aromatic N) is 1. The maximum absolute atomic E-state index is 8.52. The fraction of sp³-hybridized carbons (Fsp3) is 0.700. The first-order chi connectivity index (χ1) is 5.70. The minimum atomic E-state index is 0.108. The van der Waals surface area contributed by atoms with Gasteiger partial charge in [0.2, 0.25) is 0 Å². The Bertz CT molecular complexity index is 158. The summed E-state index contributed by atoms with van der Waals surface area (Å²) in [5.74, 6) is 0.108. The molecule has 2 nitrogen and oxygen atoms in total. The van der Waals surface area contributed by atoms with Gasteiger partial charge in [-0.25, -0.2) is 0 Å². The molecular formula is C10H18N2. The highest BCUT2D eigenvalue weighted by Gasteiger charge is 2.02. The van der Waals surface area contributed by atoms with Crippen molar-refractivity contribution in [2.45, 2.75) is 32.7 Å². The number of hydrogen-bond donors (Lipinski definition) is 1. The van der Waals surface area contributed by atoms with Gasteiger partial charge >= 0.3 is 0 Å². The number of allylic oxidation sites excluding steroid dienone is 1. The number of nitrogens with one attached hydrogen (secondary N) is 1. The number of rotatable bonds is 6. The van der Waals surface area contributed by atoms with Gasteiger partial charge in [-0.05, 0) is 26.7 Å². The number of hydrogen-bond acceptors (Lipinski definition) is 2. The lowest BCUT2D eigenvalue weighted by molar-refractivity contribution is 0.489. The van der Waals surface area contributed by atoms with Crippen molar-refractivity contribution in [3.63, 3.8) is 0 Å². The molecule has 0 aromatic carbocycles. The molecule has 2 unspecified atom stereocenters. The minimum absolute atomic E-state index is 0.108. The van der Waals surface area contributed by atoms with Crippen LogP contribution in [0.4, 0.5) is 0 Å². The molecule has 2 atom stereocenters. The first kappa shape index (κ1) is 11.2. The molecule has 0 aliphatic heterocycles. The summed E-state index contributed by atoms with van der Waals surface area (Å²) in [6.45, 7) is 8.51. The summed E-state index contributed by atoms with van der Waals surface area (Å²) in [4.78, 5) is 0. The van der Waals surface area contributed by atoms with E-state index in [0.29, 0.717) is 6.04 Å². The molecule has 0 aliphatic carbocycles. The summed E-state index contributed by atoms with van der Waals surface area (Å²) < 4.78 is 0. The summed E-state index contributed by atoms with van der Waals surface area (Å²) in [7, 11) is 0. The van der Waals surface area contributed by atoms with Crippen molar-refractivity contribution in [3.8, 4) is 6.07 Å². The highest BCUT2D eigenvalue weighted by Crippen LogP contribution is 1.97. The van der Waals surface area contributed by atoms with E-state index in [-0.39, 0.29) is 5.92 Å². The second kappa shape index (κ2) is 6.87. The second-order valence-corrected chi connectivity index (χ2v) is 3.21. The summed E-state index contributed by atoms with van der Waals surface area (Å²) in [5, 5.41) is 11.8. The normalized spacial score (nSPS) is 14.8. The molecule has 1 N–H and O–H groups in total. The molecule has 0 aliphatic rings. The van der Waals surface area contributed by atoms with Crippen LogP contribution in [0.15, 0.2) is 12.7 Å². The summed E-state index contributed by atoms with van der Waals surface area (Å²) in [6.07, 6.45) is 4.06.